The summed E-state index contributed by atoms with van der Waals surface area (Å²) in [5.41, 5.74) is 1.76. The molecule has 1 aliphatic rings. The lowest BCUT2D eigenvalue weighted by molar-refractivity contribution is -0.136. The topological polar surface area (TPSA) is 87.1 Å². The molecule has 34 heavy (non-hydrogen) atoms. The number of methoxy groups -OCH3 is 2. The number of carbonyl (C=O) groups excluding carboxylic acids is 3. The van der Waals surface area contributed by atoms with Gasteiger partial charge < -0.3 is 19.1 Å². The van der Waals surface area contributed by atoms with Crippen molar-refractivity contribution in [1.82, 2.24) is 9.47 Å². The molecule has 1 aromatic heterocycles. The number of ether oxygens (including phenoxy) is 3. The monoisotopic (exact) mass is 468 g/mol. The maximum atomic E-state index is 13.3. The van der Waals surface area contributed by atoms with Gasteiger partial charge in [-0.2, -0.15) is 0 Å². The van der Waals surface area contributed by atoms with Crippen LogP contribution >= 0.6 is 0 Å². The summed E-state index contributed by atoms with van der Waals surface area (Å²) in [6, 6.07) is 7.43. The summed E-state index contributed by atoms with van der Waals surface area (Å²) in [5, 5.41) is 0.822. The van der Waals surface area contributed by atoms with Crippen LogP contribution in [0.4, 0.5) is 4.79 Å². The van der Waals surface area contributed by atoms with Gasteiger partial charge in [0.25, 0.3) is 0 Å². The third-order valence-corrected chi connectivity index (χ3v) is 5.60. The van der Waals surface area contributed by atoms with Gasteiger partial charge >= 0.3 is 18.0 Å². The lowest BCUT2D eigenvalue weighted by Gasteiger charge is -2.26. The molecular formula is C26H32N2O6. The van der Waals surface area contributed by atoms with Crippen LogP contribution in [0.3, 0.4) is 0 Å². The highest BCUT2D eigenvalue weighted by Gasteiger charge is 2.29. The van der Waals surface area contributed by atoms with Gasteiger partial charge in [-0.15, -0.1) is 0 Å². The molecule has 0 spiro atoms. The van der Waals surface area contributed by atoms with Crippen LogP contribution in [0.15, 0.2) is 42.6 Å². The fourth-order valence-corrected chi connectivity index (χ4v) is 4.13. The van der Waals surface area contributed by atoms with E-state index in [9.17, 15) is 14.4 Å². The summed E-state index contributed by atoms with van der Waals surface area (Å²) in [6.45, 7) is 10.7. The van der Waals surface area contributed by atoms with Gasteiger partial charge in [-0.3, -0.25) is 0 Å². The molecule has 1 aromatic carbocycles. The Morgan fingerprint density at radius 3 is 2.44 bits per heavy atom. The van der Waals surface area contributed by atoms with Crippen LogP contribution < -0.4 is 0 Å². The molecule has 0 atom stereocenters. The first-order valence-corrected chi connectivity index (χ1v) is 11.2. The minimum Gasteiger partial charge on any atom is -0.466 e. The maximum Gasteiger partial charge on any atom is 0.419 e. The fraction of sp³-hybridized carbons (Fsp3) is 0.423. The molecule has 0 fully saturated rings. The van der Waals surface area contributed by atoms with E-state index in [1.165, 1.54) is 18.8 Å². The highest BCUT2D eigenvalue weighted by atomic mass is 16.6. The van der Waals surface area contributed by atoms with Gasteiger partial charge in [-0.25, -0.2) is 19.0 Å². The normalized spacial score (nSPS) is 13.9. The molecular weight excluding hydrogens is 436 g/mol. The van der Waals surface area contributed by atoms with E-state index >= 15 is 0 Å². The summed E-state index contributed by atoms with van der Waals surface area (Å²) in [7, 11) is 2.65. The van der Waals surface area contributed by atoms with Crippen molar-refractivity contribution in [2.24, 2.45) is 0 Å². The van der Waals surface area contributed by atoms with Gasteiger partial charge in [-0.1, -0.05) is 24.8 Å². The van der Waals surface area contributed by atoms with Crippen LogP contribution in [-0.4, -0.2) is 60.4 Å². The van der Waals surface area contributed by atoms with Crippen LogP contribution in [0.2, 0.25) is 0 Å². The molecule has 0 amide bonds. The molecule has 0 radical (unpaired) electrons. The summed E-state index contributed by atoms with van der Waals surface area (Å²) < 4.78 is 16.9. The first-order valence-electron chi connectivity index (χ1n) is 11.2. The van der Waals surface area contributed by atoms with E-state index in [4.69, 9.17) is 14.2 Å². The lowest BCUT2D eigenvalue weighted by Crippen LogP contribution is -2.29. The summed E-state index contributed by atoms with van der Waals surface area (Å²) in [6.07, 6.45) is 3.25. The van der Waals surface area contributed by atoms with E-state index in [2.05, 4.69) is 11.5 Å². The van der Waals surface area contributed by atoms with Crippen molar-refractivity contribution in [2.45, 2.75) is 45.6 Å². The zero-order valence-corrected chi connectivity index (χ0v) is 20.5. The predicted molar refractivity (Wildman–Crippen MR) is 129 cm³/mol. The van der Waals surface area contributed by atoms with Gasteiger partial charge in [0.15, 0.2) is 0 Å². The summed E-state index contributed by atoms with van der Waals surface area (Å²) >= 11 is 0. The van der Waals surface area contributed by atoms with Crippen molar-refractivity contribution in [3.63, 3.8) is 0 Å². The molecule has 0 bridgehead atoms. The summed E-state index contributed by atoms with van der Waals surface area (Å²) in [5.74, 6) is -0.953. The van der Waals surface area contributed by atoms with Gasteiger partial charge in [0.05, 0.1) is 36.6 Å². The molecule has 8 nitrogen and oxygen atoms in total. The molecule has 0 saturated carbocycles. The van der Waals surface area contributed by atoms with Crippen molar-refractivity contribution in [1.29, 1.82) is 0 Å². The average Bonchev–Trinajstić information content (AvgIpc) is 3.14. The number of hydrogen-bond acceptors (Lipinski definition) is 7. The van der Waals surface area contributed by atoms with Gasteiger partial charge in [0, 0.05) is 24.7 Å². The lowest BCUT2D eigenvalue weighted by atomic mass is 10.0. The van der Waals surface area contributed by atoms with E-state index in [0.29, 0.717) is 36.2 Å². The van der Waals surface area contributed by atoms with E-state index < -0.39 is 17.7 Å². The largest absolute Gasteiger partial charge is 0.466 e. The highest BCUT2D eigenvalue weighted by Crippen LogP contribution is 2.33. The highest BCUT2D eigenvalue weighted by molar-refractivity contribution is 6.18. The second-order valence-corrected chi connectivity index (χ2v) is 9.17. The Kier molecular flexibility index (Phi) is 7.49. The van der Waals surface area contributed by atoms with Crippen LogP contribution in [0.25, 0.3) is 16.5 Å². The van der Waals surface area contributed by atoms with Gasteiger partial charge in [0.1, 0.15) is 5.60 Å². The Morgan fingerprint density at radius 1 is 1.09 bits per heavy atom. The quantitative estimate of drug-likeness (QED) is 0.355. The molecule has 0 N–H and O–H groups in total. The minimum atomic E-state index is -0.727. The van der Waals surface area contributed by atoms with E-state index in [1.54, 1.807) is 20.8 Å². The fourth-order valence-electron chi connectivity index (χ4n) is 4.13. The third kappa shape index (κ3) is 5.32. The predicted octanol–water partition coefficient (Wildman–Crippen LogP) is 4.31. The Bertz CT molecular complexity index is 1150. The van der Waals surface area contributed by atoms with Crippen molar-refractivity contribution in [2.75, 3.05) is 27.3 Å². The van der Waals surface area contributed by atoms with Gasteiger partial charge in [0.2, 0.25) is 0 Å². The molecule has 0 saturated heterocycles. The molecule has 0 unspecified atom stereocenters. The number of benzene rings is 1. The van der Waals surface area contributed by atoms with Crippen molar-refractivity contribution >= 4 is 34.5 Å². The number of rotatable bonds is 6. The number of aromatic nitrogens is 1. The van der Waals surface area contributed by atoms with E-state index in [0.717, 1.165) is 23.9 Å². The smallest absolute Gasteiger partial charge is 0.419 e. The molecule has 1 aliphatic heterocycles. The second kappa shape index (κ2) is 10.2. The number of carbonyl (C=O) groups is 3. The van der Waals surface area contributed by atoms with Gasteiger partial charge in [-0.05, 0) is 51.7 Å². The molecule has 2 heterocycles. The Labute approximate surface area is 199 Å². The Balaban J connectivity index is 2.08. The first-order chi connectivity index (χ1) is 16.1. The molecule has 8 heteroatoms. The Hall–Kier alpha value is -3.55. The van der Waals surface area contributed by atoms with Crippen LogP contribution in [0.1, 0.15) is 44.9 Å². The third-order valence-electron chi connectivity index (χ3n) is 5.60. The molecule has 0 aliphatic carbocycles. The van der Waals surface area contributed by atoms with Crippen molar-refractivity contribution in [3.05, 3.63) is 53.9 Å². The summed E-state index contributed by atoms with van der Waals surface area (Å²) in [4.78, 5) is 39.8. The van der Waals surface area contributed by atoms with Crippen molar-refractivity contribution in [3.8, 4) is 0 Å². The zero-order chi connectivity index (χ0) is 25.0. The zero-order valence-electron chi connectivity index (χ0n) is 20.5. The van der Waals surface area contributed by atoms with Crippen LogP contribution in [-0.2, 0) is 30.2 Å². The molecule has 3 rings (SSSR count). The minimum absolute atomic E-state index is 0.0731. The first kappa shape index (κ1) is 25.1. The SMILES string of the molecule is C=C(C(=O)OC)c1c(CCN2C=C(C(=O)OC)CCC2)c2ccccc2n1C(=O)OC(C)(C)C. The van der Waals surface area contributed by atoms with Crippen molar-refractivity contribution < 1.29 is 28.6 Å². The molecule has 2 aromatic rings. The molecule has 182 valence electrons. The van der Waals surface area contributed by atoms with Crippen LogP contribution in [0, 0.1) is 0 Å². The number of fused-ring (bicyclic) bond motifs is 1. The number of hydrogen-bond donors (Lipinski definition) is 0. The number of esters is 2. The number of para-hydroxylation sites is 1. The Morgan fingerprint density at radius 2 is 1.79 bits per heavy atom. The second-order valence-electron chi connectivity index (χ2n) is 9.17. The van der Waals surface area contributed by atoms with E-state index in [-0.39, 0.29) is 11.5 Å². The number of nitrogens with zero attached hydrogens (tertiary/aromatic N) is 2. The standard InChI is InChI=1S/C26H32N2O6/c1-17(23(29)32-5)22-20(13-15-27-14-9-10-18(16-27)24(30)33-6)19-11-7-8-12-21(19)28(22)25(31)34-26(2,3)4/h7-8,11-12,16H,1,9-10,13-15H2,2-6H3. The van der Waals surface area contributed by atoms with E-state index in [1.807, 2.05) is 30.5 Å². The van der Waals surface area contributed by atoms with Crippen LogP contribution in [0.5, 0.6) is 0 Å². The maximum absolute atomic E-state index is 13.3. The average molecular weight is 469 g/mol.